The van der Waals surface area contributed by atoms with E-state index in [2.05, 4.69) is 19.1 Å². The molecular formula is C20H20F3N. The van der Waals surface area contributed by atoms with Gasteiger partial charge in [-0.1, -0.05) is 55.5 Å². The Labute approximate surface area is 139 Å². The Kier molecular flexibility index (Phi) is 4.50. The molecule has 0 aliphatic carbocycles. The van der Waals surface area contributed by atoms with Crippen molar-refractivity contribution in [2.75, 3.05) is 13.6 Å². The molecule has 0 aromatic heterocycles. The van der Waals surface area contributed by atoms with E-state index in [-0.39, 0.29) is 6.54 Å². The number of likely N-dealkylation sites (N-methyl/N-ethyl adjacent to an activating group) is 1. The first-order valence-corrected chi connectivity index (χ1v) is 8.12. The normalized spacial score (nSPS) is 12.4. The molecule has 0 N–H and O–H groups in total. The van der Waals surface area contributed by atoms with Crippen LogP contribution in [-0.4, -0.2) is 24.8 Å². The molecule has 1 nitrogen and oxygen atoms in total. The van der Waals surface area contributed by atoms with Gasteiger partial charge in [-0.05, 0) is 52.6 Å². The molecule has 3 rings (SSSR count). The fourth-order valence-electron chi connectivity index (χ4n) is 3.37. The number of halogens is 3. The molecule has 126 valence electrons. The molecule has 3 aromatic rings. The molecule has 4 heteroatoms. The SMILES string of the molecule is CCc1c2ccccc2c(CCN(C)C(F)(F)F)c2ccccc12. The molecule has 0 bridgehead atoms. The van der Waals surface area contributed by atoms with Gasteiger partial charge in [0.15, 0.2) is 0 Å². The van der Waals surface area contributed by atoms with Crippen LogP contribution in [0.25, 0.3) is 21.5 Å². The first kappa shape index (κ1) is 16.8. The van der Waals surface area contributed by atoms with Gasteiger partial charge in [0.05, 0.1) is 0 Å². The number of rotatable bonds is 4. The number of nitrogens with zero attached hydrogens (tertiary/aromatic N) is 1. The highest BCUT2D eigenvalue weighted by molar-refractivity contribution is 6.05. The van der Waals surface area contributed by atoms with Crippen molar-refractivity contribution in [2.45, 2.75) is 26.1 Å². The minimum Gasteiger partial charge on any atom is -0.217 e. The molecule has 24 heavy (non-hydrogen) atoms. The topological polar surface area (TPSA) is 3.24 Å². The lowest BCUT2D eigenvalue weighted by Gasteiger charge is -2.21. The third-order valence-corrected chi connectivity index (χ3v) is 4.64. The maximum Gasteiger partial charge on any atom is 0.459 e. The molecule has 0 saturated carbocycles. The standard InChI is InChI=1S/C20H20F3N/c1-3-14-15-8-4-6-10-17(15)19(12-13-24(2)20(21,22)23)18-11-7-5-9-16(14)18/h4-11H,3,12-13H2,1-2H3. The first-order valence-electron chi connectivity index (χ1n) is 8.12. The van der Waals surface area contributed by atoms with Crippen molar-refractivity contribution in [2.24, 2.45) is 0 Å². The number of alkyl halides is 3. The van der Waals surface area contributed by atoms with Crippen LogP contribution < -0.4 is 0 Å². The van der Waals surface area contributed by atoms with E-state index in [1.54, 1.807) is 0 Å². The van der Waals surface area contributed by atoms with E-state index in [0.717, 1.165) is 40.6 Å². The average Bonchev–Trinajstić information content (AvgIpc) is 2.57. The van der Waals surface area contributed by atoms with Gasteiger partial charge in [0.25, 0.3) is 0 Å². The molecule has 0 aliphatic rings. The van der Waals surface area contributed by atoms with Crippen LogP contribution in [0.1, 0.15) is 18.1 Å². The van der Waals surface area contributed by atoms with E-state index in [4.69, 9.17) is 0 Å². The van der Waals surface area contributed by atoms with Gasteiger partial charge in [-0.2, -0.15) is 13.2 Å². The fourth-order valence-corrected chi connectivity index (χ4v) is 3.37. The first-order chi connectivity index (χ1) is 11.4. The van der Waals surface area contributed by atoms with E-state index < -0.39 is 6.30 Å². The maximum absolute atomic E-state index is 12.8. The van der Waals surface area contributed by atoms with E-state index in [0.29, 0.717) is 11.3 Å². The predicted octanol–water partition coefficient (Wildman–Crippen LogP) is 5.55. The van der Waals surface area contributed by atoms with Crippen LogP contribution in [0.5, 0.6) is 0 Å². The van der Waals surface area contributed by atoms with Gasteiger partial charge in [-0.25, -0.2) is 4.90 Å². The Hall–Kier alpha value is -2.07. The molecular weight excluding hydrogens is 311 g/mol. The summed E-state index contributed by atoms with van der Waals surface area (Å²) in [6.45, 7) is 2.06. The summed E-state index contributed by atoms with van der Waals surface area (Å²) in [4.78, 5) is 0.449. The van der Waals surface area contributed by atoms with Crippen molar-refractivity contribution in [3.8, 4) is 0 Å². The predicted molar refractivity (Wildman–Crippen MR) is 93.2 cm³/mol. The highest BCUT2D eigenvalue weighted by atomic mass is 19.4. The monoisotopic (exact) mass is 331 g/mol. The molecule has 0 spiro atoms. The van der Waals surface area contributed by atoms with E-state index >= 15 is 0 Å². The van der Waals surface area contributed by atoms with E-state index in [1.807, 2.05) is 36.4 Å². The Balaban J connectivity index is 2.18. The zero-order chi connectivity index (χ0) is 17.3. The summed E-state index contributed by atoms with van der Waals surface area (Å²) in [5, 5.41) is 4.40. The molecule has 3 aromatic carbocycles. The zero-order valence-electron chi connectivity index (χ0n) is 13.8. The molecule has 0 unspecified atom stereocenters. The highest BCUT2D eigenvalue weighted by Gasteiger charge is 2.33. The zero-order valence-corrected chi connectivity index (χ0v) is 13.8. The second-order valence-corrected chi connectivity index (χ2v) is 6.04. The van der Waals surface area contributed by atoms with Crippen molar-refractivity contribution in [1.82, 2.24) is 4.90 Å². The summed E-state index contributed by atoms with van der Waals surface area (Å²) < 4.78 is 38.5. The Bertz CT molecular complexity index is 811. The lowest BCUT2D eigenvalue weighted by Crippen LogP contribution is -2.35. The van der Waals surface area contributed by atoms with Crippen LogP contribution in [0, 0.1) is 0 Å². The minimum atomic E-state index is -4.30. The van der Waals surface area contributed by atoms with Crippen molar-refractivity contribution < 1.29 is 13.2 Å². The van der Waals surface area contributed by atoms with Gasteiger partial charge in [0.2, 0.25) is 0 Å². The third-order valence-electron chi connectivity index (χ3n) is 4.64. The Morgan fingerprint density at radius 2 is 1.21 bits per heavy atom. The van der Waals surface area contributed by atoms with Crippen molar-refractivity contribution in [1.29, 1.82) is 0 Å². The van der Waals surface area contributed by atoms with E-state index in [9.17, 15) is 13.2 Å². The van der Waals surface area contributed by atoms with Crippen LogP contribution in [0.2, 0.25) is 0 Å². The van der Waals surface area contributed by atoms with Gasteiger partial charge >= 0.3 is 6.30 Å². The Morgan fingerprint density at radius 1 is 0.792 bits per heavy atom. The van der Waals surface area contributed by atoms with E-state index in [1.165, 1.54) is 5.56 Å². The average molecular weight is 331 g/mol. The van der Waals surface area contributed by atoms with Crippen LogP contribution in [-0.2, 0) is 12.8 Å². The van der Waals surface area contributed by atoms with Gasteiger partial charge in [0, 0.05) is 6.54 Å². The molecule has 0 heterocycles. The number of hydrogen-bond acceptors (Lipinski definition) is 1. The summed E-state index contributed by atoms with van der Waals surface area (Å²) >= 11 is 0. The molecule has 0 radical (unpaired) electrons. The molecule has 0 fully saturated rings. The van der Waals surface area contributed by atoms with Gasteiger partial charge < -0.3 is 0 Å². The highest BCUT2D eigenvalue weighted by Crippen LogP contribution is 2.34. The summed E-state index contributed by atoms with van der Waals surface area (Å²) in [5.41, 5.74) is 2.25. The summed E-state index contributed by atoms with van der Waals surface area (Å²) in [5.74, 6) is 0. The smallest absolute Gasteiger partial charge is 0.217 e. The van der Waals surface area contributed by atoms with Gasteiger partial charge in [-0.3, -0.25) is 0 Å². The maximum atomic E-state index is 12.8. The lowest BCUT2D eigenvalue weighted by molar-refractivity contribution is -0.236. The molecule has 0 saturated heterocycles. The van der Waals surface area contributed by atoms with Crippen molar-refractivity contribution in [3.05, 3.63) is 59.7 Å². The lowest BCUT2D eigenvalue weighted by atomic mass is 9.89. The van der Waals surface area contributed by atoms with Gasteiger partial charge in [0.1, 0.15) is 0 Å². The van der Waals surface area contributed by atoms with Crippen molar-refractivity contribution in [3.63, 3.8) is 0 Å². The largest absolute Gasteiger partial charge is 0.459 e. The summed E-state index contributed by atoms with van der Waals surface area (Å²) in [7, 11) is 1.10. The molecule has 0 aliphatic heterocycles. The quantitative estimate of drug-likeness (QED) is 0.447. The Morgan fingerprint density at radius 3 is 1.58 bits per heavy atom. The number of hydrogen-bond donors (Lipinski definition) is 0. The minimum absolute atomic E-state index is 0.0526. The van der Waals surface area contributed by atoms with Crippen LogP contribution >= 0.6 is 0 Å². The summed E-state index contributed by atoms with van der Waals surface area (Å²) in [6, 6.07) is 16.0. The second-order valence-electron chi connectivity index (χ2n) is 6.04. The number of benzene rings is 3. The molecule has 0 amide bonds. The molecule has 0 atom stereocenters. The summed E-state index contributed by atoms with van der Waals surface area (Å²) in [6.07, 6.45) is -3.04. The number of fused-ring (bicyclic) bond motifs is 2. The second kappa shape index (κ2) is 6.44. The van der Waals surface area contributed by atoms with Gasteiger partial charge in [-0.15, -0.1) is 0 Å². The van der Waals surface area contributed by atoms with Crippen molar-refractivity contribution >= 4 is 21.5 Å². The van der Waals surface area contributed by atoms with Crippen LogP contribution in [0.15, 0.2) is 48.5 Å². The van der Waals surface area contributed by atoms with Crippen LogP contribution in [0.3, 0.4) is 0 Å². The van der Waals surface area contributed by atoms with Crippen LogP contribution in [0.4, 0.5) is 13.2 Å². The third kappa shape index (κ3) is 2.98. The number of aryl methyl sites for hydroxylation is 1. The fraction of sp³-hybridized carbons (Fsp3) is 0.300.